The summed E-state index contributed by atoms with van der Waals surface area (Å²) in [6, 6.07) is -2.80. The predicted octanol–water partition coefficient (Wildman–Crippen LogP) is -2.12. The number of imide groups is 1. The number of carbonyl (C=O) groups is 4. The van der Waals surface area contributed by atoms with Crippen LogP contribution in [0.15, 0.2) is 0 Å². The van der Waals surface area contributed by atoms with E-state index >= 15 is 0 Å². The number of rotatable bonds is 8. The molecule has 0 aromatic rings. The Morgan fingerprint density at radius 3 is 2.10 bits per heavy atom. The van der Waals surface area contributed by atoms with Crippen molar-refractivity contribution in [2.75, 3.05) is 12.3 Å². The van der Waals surface area contributed by atoms with Crippen LogP contribution in [0.2, 0.25) is 0 Å². The Bertz CT molecular complexity index is 402. The quantitative estimate of drug-likeness (QED) is 0.317. The van der Waals surface area contributed by atoms with Gasteiger partial charge in [-0.15, -0.1) is 0 Å². The molecule has 1 unspecified atom stereocenters. The van der Waals surface area contributed by atoms with Gasteiger partial charge in [-0.1, -0.05) is 0 Å². The van der Waals surface area contributed by atoms with E-state index in [1.165, 1.54) is 0 Å². The van der Waals surface area contributed by atoms with Gasteiger partial charge < -0.3 is 21.7 Å². The molecule has 0 radical (unpaired) electrons. The predicted molar refractivity (Wildman–Crippen MR) is 71.0 cm³/mol. The smallest absolute Gasteiger partial charge is 0.326 e. The van der Waals surface area contributed by atoms with Crippen LogP contribution in [0.3, 0.4) is 0 Å². The normalized spacial score (nSPS) is 13.3. The second-order valence-electron chi connectivity index (χ2n) is 3.88. The van der Waals surface area contributed by atoms with Gasteiger partial charge in [-0.3, -0.25) is 19.3 Å². The summed E-state index contributed by atoms with van der Waals surface area (Å²) >= 11 is 3.80. The number of carboxylic acids is 2. The molecule has 0 spiro atoms. The highest BCUT2D eigenvalue weighted by molar-refractivity contribution is 7.80. The van der Waals surface area contributed by atoms with Gasteiger partial charge in [0.2, 0.25) is 11.8 Å². The van der Waals surface area contributed by atoms with Crippen LogP contribution in [0.4, 0.5) is 0 Å². The third kappa shape index (κ3) is 5.15. The lowest BCUT2D eigenvalue weighted by molar-refractivity contribution is -0.159. The number of hydrogen-bond acceptors (Lipinski definition) is 7. The van der Waals surface area contributed by atoms with E-state index in [0.717, 1.165) is 0 Å². The second-order valence-corrected chi connectivity index (χ2v) is 4.25. The highest BCUT2D eigenvalue weighted by atomic mass is 32.1. The topological polar surface area (TPSA) is 164 Å². The van der Waals surface area contributed by atoms with E-state index in [2.05, 4.69) is 12.6 Å². The molecule has 0 aliphatic heterocycles. The number of carboxylic acid groups (broad SMARTS) is 2. The summed E-state index contributed by atoms with van der Waals surface area (Å²) in [7, 11) is 0. The molecule has 9 nitrogen and oxygen atoms in total. The minimum Gasteiger partial charge on any atom is -0.481 e. The molecular formula is C10H17N3O6S. The van der Waals surface area contributed by atoms with Gasteiger partial charge in [0, 0.05) is 12.2 Å². The summed E-state index contributed by atoms with van der Waals surface area (Å²) in [6.45, 7) is -0.595. The van der Waals surface area contributed by atoms with E-state index in [-0.39, 0.29) is 5.75 Å². The zero-order valence-corrected chi connectivity index (χ0v) is 11.5. The third-order valence-corrected chi connectivity index (χ3v) is 2.82. The van der Waals surface area contributed by atoms with Gasteiger partial charge in [0.15, 0.2) is 0 Å². The summed E-state index contributed by atoms with van der Waals surface area (Å²) in [5.74, 6) is -4.74. The summed E-state index contributed by atoms with van der Waals surface area (Å²) in [5, 5.41) is 17.6. The largest absolute Gasteiger partial charge is 0.481 e. The average Bonchev–Trinajstić information content (AvgIpc) is 2.40. The Balaban J connectivity index is 5.32. The summed E-state index contributed by atoms with van der Waals surface area (Å²) in [4.78, 5) is 45.6. The first kappa shape index (κ1) is 18.4. The number of hydrogen-bond donors (Lipinski definition) is 5. The lowest BCUT2D eigenvalue weighted by Gasteiger charge is -2.28. The van der Waals surface area contributed by atoms with E-state index in [4.69, 9.17) is 21.7 Å². The molecule has 0 rings (SSSR count). The molecule has 0 aliphatic rings. The molecule has 2 atom stereocenters. The van der Waals surface area contributed by atoms with Gasteiger partial charge in [0.25, 0.3) is 0 Å². The zero-order chi connectivity index (χ0) is 15.9. The molecule has 0 saturated carbocycles. The minimum atomic E-state index is -1.62. The first-order valence-corrected chi connectivity index (χ1v) is 6.26. The molecular weight excluding hydrogens is 290 g/mol. The lowest BCUT2D eigenvalue weighted by atomic mass is 10.1. The maximum absolute atomic E-state index is 11.9. The first-order chi connectivity index (χ1) is 9.26. The Labute approximate surface area is 120 Å². The molecule has 0 aromatic heterocycles. The van der Waals surface area contributed by atoms with Crippen molar-refractivity contribution in [1.82, 2.24) is 4.90 Å². The van der Waals surface area contributed by atoms with Crippen LogP contribution in [0.1, 0.15) is 12.8 Å². The van der Waals surface area contributed by atoms with Crippen molar-refractivity contribution in [1.29, 1.82) is 0 Å². The molecule has 2 amide bonds. The number of nitrogens with two attached hydrogens (primary N) is 2. The van der Waals surface area contributed by atoms with Crippen molar-refractivity contribution < 1.29 is 29.4 Å². The highest BCUT2D eigenvalue weighted by Gasteiger charge is 2.36. The Hall–Kier alpha value is -1.65. The molecule has 0 bridgehead atoms. The summed E-state index contributed by atoms with van der Waals surface area (Å²) < 4.78 is 0. The van der Waals surface area contributed by atoms with E-state index in [1.54, 1.807) is 0 Å². The second kappa shape index (κ2) is 8.51. The maximum atomic E-state index is 11.9. The molecule has 114 valence electrons. The lowest BCUT2D eigenvalue weighted by Crippen LogP contribution is -2.56. The molecule has 0 aromatic carbocycles. The third-order valence-electron chi connectivity index (χ3n) is 2.42. The molecule has 10 heteroatoms. The maximum Gasteiger partial charge on any atom is 0.326 e. The van der Waals surface area contributed by atoms with Crippen molar-refractivity contribution in [3.8, 4) is 0 Å². The fourth-order valence-electron chi connectivity index (χ4n) is 1.43. The zero-order valence-electron chi connectivity index (χ0n) is 10.6. The van der Waals surface area contributed by atoms with Crippen molar-refractivity contribution >= 4 is 36.4 Å². The van der Waals surface area contributed by atoms with E-state index in [0.29, 0.717) is 4.90 Å². The van der Waals surface area contributed by atoms with Crippen LogP contribution >= 0.6 is 12.6 Å². The fraction of sp³-hybridized carbons (Fsp3) is 0.600. The molecule has 20 heavy (non-hydrogen) atoms. The fourth-order valence-corrected chi connectivity index (χ4v) is 1.58. The Kier molecular flexibility index (Phi) is 7.80. The van der Waals surface area contributed by atoms with Crippen molar-refractivity contribution in [2.45, 2.75) is 24.9 Å². The number of thiol groups is 1. The van der Waals surface area contributed by atoms with Crippen molar-refractivity contribution in [2.24, 2.45) is 11.5 Å². The molecule has 0 aliphatic carbocycles. The Morgan fingerprint density at radius 2 is 1.75 bits per heavy atom. The molecule has 0 fully saturated rings. The summed E-state index contributed by atoms with van der Waals surface area (Å²) in [5.41, 5.74) is 10.6. The van der Waals surface area contributed by atoms with Crippen molar-refractivity contribution in [3.05, 3.63) is 0 Å². The SMILES string of the molecule is NCC(=O)N(C(=O)C(N)CS)[C@@H](CCC(=O)O)C(=O)O. The van der Waals surface area contributed by atoms with Crippen LogP contribution < -0.4 is 11.5 Å². The van der Waals surface area contributed by atoms with Crippen LogP contribution in [0, 0.1) is 0 Å². The highest BCUT2D eigenvalue weighted by Crippen LogP contribution is 2.11. The van der Waals surface area contributed by atoms with Crippen LogP contribution in [0.5, 0.6) is 0 Å². The Morgan fingerprint density at radius 1 is 1.20 bits per heavy atom. The van der Waals surface area contributed by atoms with E-state index in [1.807, 2.05) is 0 Å². The monoisotopic (exact) mass is 307 g/mol. The first-order valence-electron chi connectivity index (χ1n) is 5.63. The van der Waals surface area contributed by atoms with Gasteiger partial charge in [0.1, 0.15) is 6.04 Å². The standard InChI is InChI=1S/C10H17N3O6S/c11-3-7(14)13(9(17)5(12)4-20)6(10(18)19)1-2-8(15)16/h5-6,20H,1-4,11-12H2,(H,15,16)(H,18,19)/t5?,6-/m0/s1. The van der Waals surface area contributed by atoms with Gasteiger partial charge in [-0.05, 0) is 6.42 Å². The molecule has 6 N–H and O–H groups in total. The average molecular weight is 307 g/mol. The number of nitrogens with zero attached hydrogens (tertiary/aromatic N) is 1. The molecule has 0 saturated heterocycles. The van der Waals surface area contributed by atoms with E-state index in [9.17, 15) is 19.2 Å². The summed E-state index contributed by atoms with van der Waals surface area (Å²) in [6.07, 6.45) is -0.948. The molecule has 0 heterocycles. The van der Waals surface area contributed by atoms with Crippen molar-refractivity contribution in [3.63, 3.8) is 0 Å². The van der Waals surface area contributed by atoms with Gasteiger partial charge in [0.05, 0.1) is 12.6 Å². The minimum absolute atomic E-state index is 0.0988. The van der Waals surface area contributed by atoms with Crippen LogP contribution in [-0.4, -0.2) is 63.2 Å². The van der Waals surface area contributed by atoms with Crippen LogP contribution in [-0.2, 0) is 19.2 Å². The number of amides is 2. The van der Waals surface area contributed by atoms with E-state index < -0.39 is 55.2 Å². The number of carbonyl (C=O) groups excluding carboxylic acids is 2. The number of aliphatic carboxylic acids is 2. The van der Waals surface area contributed by atoms with Crippen LogP contribution in [0.25, 0.3) is 0 Å². The van der Waals surface area contributed by atoms with Gasteiger partial charge in [-0.25, -0.2) is 4.79 Å². The van der Waals surface area contributed by atoms with Gasteiger partial charge in [-0.2, -0.15) is 12.6 Å². The van der Waals surface area contributed by atoms with Gasteiger partial charge >= 0.3 is 11.9 Å².